The Hall–Kier alpha value is -4.14. The Kier molecular flexibility index (Phi) is 5.16. The van der Waals surface area contributed by atoms with Gasteiger partial charge in [-0.1, -0.05) is 18.2 Å². The SMILES string of the molecule is CNc1nc2c(c(C)nn2-c2ccccc2)c(-c2cc(OC)ccc2OC)c1[N+](=O)[O-]. The van der Waals surface area contributed by atoms with E-state index in [0.717, 1.165) is 5.69 Å². The van der Waals surface area contributed by atoms with Crippen LogP contribution in [0.4, 0.5) is 11.5 Å². The maximum absolute atomic E-state index is 12.2. The predicted molar refractivity (Wildman–Crippen MR) is 118 cm³/mol. The lowest BCUT2D eigenvalue weighted by Gasteiger charge is -2.14. The number of nitro groups is 1. The summed E-state index contributed by atoms with van der Waals surface area (Å²) in [6.45, 7) is 1.81. The van der Waals surface area contributed by atoms with Crippen LogP contribution in [0.5, 0.6) is 11.5 Å². The number of ether oxygens (including phenoxy) is 2. The molecule has 0 saturated carbocycles. The van der Waals surface area contributed by atoms with Crippen molar-refractivity contribution in [3.05, 3.63) is 64.3 Å². The third-order valence-corrected chi connectivity index (χ3v) is 5.06. The van der Waals surface area contributed by atoms with Crippen molar-refractivity contribution in [2.45, 2.75) is 6.92 Å². The topological polar surface area (TPSA) is 104 Å². The fourth-order valence-corrected chi connectivity index (χ4v) is 3.68. The summed E-state index contributed by atoms with van der Waals surface area (Å²) in [4.78, 5) is 16.3. The van der Waals surface area contributed by atoms with Gasteiger partial charge in [-0.05, 0) is 37.3 Å². The second-order valence-corrected chi connectivity index (χ2v) is 6.79. The molecular formula is C22H21N5O4. The number of nitrogens with zero attached hydrogens (tertiary/aromatic N) is 4. The maximum atomic E-state index is 12.2. The molecule has 31 heavy (non-hydrogen) atoms. The number of nitrogens with one attached hydrogen (secondary N) is 1. The number of para-hydroxylation sites is 1. The Balaban J connectivity index is 2.20. The molecular weight excluding hydrogens is 398 g/mol. The summed E-state index contributed by atoms with van der Waals surface area (Å²) in [5.74, 6) is 1.16. The summed E-state index contributed by atoms with van der Waals surface area (Å²) in [5.41, 5.74) is 2.64. The highest BCUT2D eigenvalue weighted by molar-refractivity contribution is 6.04. The van der Waals surface area contributed by atoms with E-state index in [1.54, 1.807) is 37.0 Å². The number of hydrogen-bond donors (Lipinski definition) is 1. The minimum absolute atomic E-state index is 0.134. The Morgan fingerprint density at radius 2 is 1.84 bits per heavy atom. The van der Waals surface area contributed by atoms with Gasteiger partial charge in [-0.2, -0.15) is 5.10 Å². The van der Waals surface area contributed by atoms with E-state index < -0.39 is 4.92 Å². The minimum Gasteiger partial charge on any atom is -0.497 e. The first-order valence-electron chi connectivity index (χ1n) is 9.53. The van der Waals surface area contributed by atoms with Crippen LogP contribution in [-0.4, -0.2) is 41.0 Å². The van der Waals surface area contributed by atoms with Crippen molar-refractivity contribution in [2.24, 2.45) is 0 Å². The van der Waals surface area contributed by atoms with Crippen molar-refractivity contribution >= 4 is 22.5 Å². The van der Waals surface area contributed by atoms with Gasteiger partial charge in [-0.15, -0.1) is 0 Å². The van der Waals surface area contributed by atoms with E-state index in [1.165, 1.54) is 7.11 Å². The van der Waals surface area contributed by atoms with Crippen LogP contribution in [0.1, 0.15) is 5.69 Å². The molecule has 0 spiro atoms. The summed E-state index contributed by atoms with van der Waals surface area (Å²) >= 11 is 0. The van der Waals surface area contributed by atoms with Crippen molar-refractivity contribution in [1.29, 1.82) is 0 Å². The number of aryl methyl sites for hydroxylation is 1. The Labute approximate surface area is 178 Å². The first-order valence-corrected chi connectivity index (χ1v) is 9.53. The van der Waals surface area contributed by atoms with E-state index in [4.69, 9.17) is 9.47 Å². The summed E-state index contributed by atoms with van der Waals surface area (Å²) in [6, 6.07) is 14.7. The number of aromatic nitrogens is 3. The van der Waals surface area contributed by atoms with Gasteiger partial charge in [0.15, 0.2) is 5.65 Å². The van der Waals surface area contributed by atoms with Gasteiger partial charge >= 0.3 is 5.69 Å². The van der Waals surface area contributed by atoms with Crippen LogP contribution < -0.4 is 14.8 Å². The number of methoxy groups -OCH3 is 2. The molecule has 4 aromatic rings. The second kappa shape index (κ2) is 7.94. The van der Waals surface area contributed by atoms with Gasteiger partial charge in [-0.25, -0.2) is 9.67 Å². The number of benzene rings is 2. The Morgan fingerprint density at radius 1 is 1.10 bits per heavy atom. The fraction of sp³-hybridized carbons (Fsp3) is 0.182. The quantitative estimate of drug-likeness (QED) is 0.366. The molecule has 1 N–H and O–H groups in total. The molecule has 0 amide bonds. The third-order valence-electron chi connectivity index (χ3n) is 5.06. The Morgan fingerprint density at radius 3 is 2.45 bits per heavy atom. The molecule has 9 nitrogen and oxygen atoms in total. The number of rotatable bonds is 6. The van der Waals surface area contributed by atoms with Crippen LogP contribution in [0.2, 0.25) is 0 Å². The Bertz CT molecular complexity index is 1280. The molecule has 0 aliphatic carbocycles. The molecule has 2 heterocycles. The van der Waals surface area contributed by atoms with E-state index in [-0.39, 0.29) is 11.5 Å². The molecule has 2 aromatic heterocycles. The van der Waals surface area contributed by atoms with Gasteiger partial charge in [0, 0.05) is 12.6 Å². The largest absolute Gasteiger partial charge is 0.497 e. The van der Waals surface area contributed by atoms with Crippen molar-refractivity contribution in [1.82, 2.24) is 14.8 Å². The highest BCUT2D eigenvalue weighted by atomic mass is 16.6. The number of pyridine rings is 1. The van der Waals surface area contributed by atoms with Gasteiger partial charge in [0.2, 0.25) is 5.82 Å². The van der Waals surface area contributed by atoms with Crippen molar-refractivity contribution in [3.63, 3.8) is 0 Å². The molecule has 0 bridgehead atoms. The lowest BCUT2D eigenvalue weighted by atomic mass is 9.98. The predicted octanol–water partition coefficient (Wildman–Crippen LogP) is 4.36. The maximum Gasteiger partial charge on any atom is 0.320 e. The second-order valence-electron chi connectivity index (χ2n) is 6.79. The molecule has 0 unspecified atom stereocenters. The zero-order valence-electron chi connectivity index (χ0n) is 17.5. The summed E-state index contributed by atoms with van der Waals surface area (Å²) in [7, 11) is 4.67. The van der Waals surface area contributed by atoms with Crippen molar-refractivity contribution < 1.29 is 14.4 Å². The van der Waals surface area contributed by atoms with Crippen LogP contribution in [-0.2, 0) is 0 Å². The normalized spacial score (nSPS) is 10.8. The van der Waals surface area contributed by atoms with E-state index in [2.05, 4.69) is 15.4 Å². The average Bonchev–Trinajstić information content (AvgIpc) is 3.13. The van der Waals surface area contributed by atoms with Crippen LogP contribution in [0.15, 0.2) is 48.5 Å². The van der Waals surface area contributed by atoms with E-state index in [9.17, 15) is 10.1 Å². The first-order chi connectivity index (χ1) is 15.0. The molecule has 158 valence electrons. The molecule has 4 rings (SSSR count). The average molecular weight is 419 g/mol. The molecule has 2 aromatic carbocycles. The van der Waals surface area contributed by atoms with Gasteiger partial charge in [-0.3, -0.25) is 10.1 Å². The van der Waals surface area contributed by atoms with Crippen LogP contribution in [0.25, 0.3) is 27.8 Å². The number of hydrogen-bond acceptors (Lipinski definition) is 7. The fourth-order valence-electron chi connectivity index (χ4n) is 3.68. The summed E-state index contributed by atoms with van der Waals surface area (Å²) in [5, 5.41) is 20.3. The summed E-state index contributed by atoms with van der Waals surface area (Å²) in [6.07, 6.45) is 0. The van der Waals surface area contributed by atoms with Crippen molar-refractivity contribution in [2.75, 3.05) is 26.6 Å². The standard InChI is InChI=1S/C22H21N5O4/c1-13-18-19(16-12-15(30-3)10-11-17(16)31-4)20(27(28)29)21(23-2)24-22(18)26(25-13)14-8-6-5-7-9-14/h5-12H,1-4H3,(H,23,24). The highest BCUT2D eigenvalue weighted by Crippen LogP contribution is 2.46. The molecule has 9 heteroatoms. The highest BCUT2D eigenvalue weighted by Gasteiger charge is 2.31. The van der Waals surface area contributed by atoms with Crippen LogP contribution in [0, 0.1) is 17.0 Å². The van der Waals surface area contributed by atoms with Gasteiger partial charge in [0.05, 0.1) is 41.5 Å². The van der Waals surface area contributed by atoms with Gasteiger partial charge < -0.3 is 14.8 Å². The zero-order valence-corrected chi connectivity index (χ0v) is 17.5. The molecule has 0 atom stereocenters. The van der Waals surface area contributed by atoms with Gasteiger partial charge in [0.25, 0.3) is 0 Å². The summed E-state index contributed by atoms with van der Waals surface area (Å²) < 4.78 is 12.6. The van der Waals surface area contributed by atoms with E-state index >= 15 is 0 Å². The van der Waals surface area contributed by atoms with E-state index in [0.29, 0.717) is 39.4 Å². The lowest BCUT2D eigenvalue weighted by molar-refractivity contribution is -0.383. The lowest BCUT2D eigenvalue weighted by Crippen LogP contribution is -2.05. The van der Waals surface area contributed by atoms with Crippen LogP contribution in [0.3, 0.4) is 0 Å². The molecule has 0 radical (unpaired) electrons. The molecule has 0 aliphatic rings. The third kappa shape index (κ3) is 3.29. The minimum atomic E-state index is -0.439. The monoisotopic (exact) mass is 419 g/mol. The smallest absolute Gasteiger partial charge is 0.320 e. The molecule has 0 aliphatic heterocycles. The number of anilines is 1. The van der Waals surface area contributed by atoms with E-state index in [1.807, 2.05) is 37.3 Å². The zero-order chi connectivity index (χ0) is 22.1. The van der Waals surface area contributed by atoms with Crippen molar-refractivity contribution in [3.8, 4) is 28.3 Å². The first kappa shape index (κ1) is 20.1. The van der Waals surface area contributed by atoms with Crippen LogP contribution >= 0.6 is 0 Å². The molecule has 0 fully saturated rings. The van der Waals surface area contributed by atoms with Gasteiger partial charge in [0.1, 0.15) is 11.5 Å². The number of fused-ring (bicyclic) bond motifs is 1. The molecule has 0 saturated heterocycles.